The molecule has 0 radical (unpaired) electrons. The second kappa shape index (κ2) is 66.5. The molecule has 5 aliphatic rings. The van der Waals surface area contributed by atoms with E-state index >= 15 is 0 Å². The van der Waals surface area contributed by atoms with Gasteiger partial charge in [0.25, 0.3) is 0 Å². The van der Waals surface area contributed by atoms with Gasteiger partial charge in [0, 0.05) is 83.1 Å². The molecular formula is C97H172N16O22. The van der Waals surface area contributed by atoms with Gasteiger partial charge in [0.2, 0.25) is 59.1 Å². The molecule has 0 aromatic carbocycles. The SMILES string of the molecule is CC(C)(C)OC(=O)N1CCCC1C(=O)O.CC(C)C(NC(=O)C1CCCC1)C(=O)O.CCC[C@H](NC(=O)[C@@H](CC(=O)C1CCCN1)C(C)C)C(=O)CC.CCC[C@H](NC(=O)[C@@H](NC(=O)C1CCCN1C(=O)[C@@H](C)/C=C/[C@H](C)NC)C(C)C)C(=O)NC.CCOC(=O)NCC[C@H](NC(=O)[C@@H](NC(=O)C1CCCN1C(=O)[C@@H](C)/C=C/[C@H](C)NC)C(C)C)C(=O)NC.CN[C@@H](C)/C=C/[C@H](C)C(=O)O. The highest BCUT2D eigenvalue weighted by Crippen LogP contribution is 2.28. The van der Waals surface area contributed by atoms with Crippen LogP contribution >= 0.6 is 0 Å². The van der Waals surface area contributed by atoms with Gasteiger partial charge >= 0.3 is 30.1 Å². The Balaban J connectivity index is 0.00000168. The lowest BCUT2D eigenvalue weighted by Gasteiger charge is -2.29. The fourth-order valence-electron chi connectivity index (χ4n) is 15.0. The summed E-state index contributed by atoms with van der Waals surface area (Å²) in [4.78, 5) is 211. The maximum atomic E-state index is 13.2. The van der Waals surface area contributed by atoms with Crippen LogP contribution in [0.1, 0.15) is 267 Å². The monoisotopic (exact) mass is 1910 g/mol. The number of ketones is 2. The van der Waals surface area contributed by atoms with Crippen molar-refractivity contribution in [3.8, 4) is 0 Å². The second-order valence-electron chi connectivity index (χ2n) is 37.6. The summed E-state index contributed by atoms with van der Waals surface area (Å²) in [6.07, 6.45) is 23.0. The molecule has 4 saturated heterocycles. The van der Waals surface area contributed by atoms with E-state index in [1.807, 2.05) is 128 Å². The topological polar surface area (TPSA) is 535 Å². The van der Waals surface area contributed by atoms with Gasteiger partial charge in [-0.1, -0.05) is 152 Å². The highest BCUT2D eigenvalue weighted by molar-refractivity contribution is 5.97. The molecule has 5 fully saturated rings. The van der Waals surface area contributed by atoms with Crippen LogP contribution < -0.4 is 69.1 Å². The number of Topliss-reactive ketones (excluding diaryl/α,β-unsaturated/α-hetero) is 2. The molecule has 0 spiro atoms. The van der Waals surface area contributed by atoms with Gasteiger partial charge < -0.3 is 104 Å². The second-order valence-corrected chi connectivity index (χ2v) is 37.6. The predicted octanol–water partition coefficient (Wildman–Crippen LogP) is 7.21. The number of likely N-dealkylation sites (tertiary alicyclic amines) is 3. The van der Waals surface area contributed by atoms with E-state index in [2.05, 4.69) is 69.1 Å². The van der Waals surface area contributed by atoms with Crippen molar-refractivity contribution < 1.29 is 106 Å². The minimum absolute atomic E-state index is 0.0330. The Morgan fingerprint density at radius 3 is 1.20 bits per heavy atom. The minimum atomic E-state index is -0.960. The molecule has 772 valence electrons. The Bertz CT molecular complexity index is 3800. The third-order valence-electron chi connectivity index (χ3n) is 23.8. The molecule has 5 rings (SSSR count). The van der Waals surface area contributed by atoms with Crippen LogP contribution in [0.5, 0.6) is 0 Å². The van der Waals surface area contributed by atoms with Crippen LogP contribution in [0.2, 0.25) is 0 Å². The normalized spacial score (nSPS) is 19.3. The number of carbonyl (C=O) groups is 17. The first-order valence-electron chi connectivity index (χ1n) is 48.6. The lowest BCUT2D eigenvalue weighted by molar-refractivity contribution is -0.143. The van der Waals surface area contributed by atoms with Crippen molar-refractivity contribution in [2.75, 3.05) is 74.6 Å². The van der Waals surface area contributed by atoms with Gasteiger partial charge in [-0.15, -0.1) is 0 Å². The lowest BCUT2D eigenvalue weighted by Crippen LogP contribution is -2.58. The maximum Gasteiger partial charge on any atom is 0.411 e. The van der Waals surface area contributed by atoms with E-state index in [1.165, 1.54) is 19.0 Å². The first-order chi connectivity index (χ1) is 63.3. The van der Waals surface area contributed by atoms with Crippen LogP contribution in [-0.2, 0) is 81.4 Å². The van der Waals surface area contributed by atoms with Crippen LogP contribution in [0.25, 0.3) is 0 Å². The quantitative estimate of drug-likeness (QED) is 0.0268. The molecule has 0 aromatic heterocycles. The molecule has 1 saturated carbocycles. The Labute approximate surface area is 802 Å². The number of nitrogens with zero attached hydrogens (tertiary/aromatic N) is 3. The summed E-state index contributed by atoms with van der Waals surface area (Å²) in [5.41, 5.74) is -0.581. The molecule has 4 aliphatic heterocycles. The molecule has 0 aromatic rings. The van der Waals surface area contributed by atoms with E-state index in [4.69, 9.17) is 24.8 Å². The molecule has 12 amide bonds. The lowest BCUT2D eigenvalue weighted by atomic mass is 9.87. The third kappa shape index (κ3) is 47.6. The van der Waals surface area contributed by atoms with Crippen molar-refractivity contribution in [1.29, 1.82) is 0 Å². The number of likely N-dealkylation sites (N-methyl/N-ethyl adjacent to an activating group) is 5. The zero-order valence-corrected chi connectivity index (χ0v) is 85.8. The molecule has 38 nitrogen and oxygen atoms in total. The predicted molar refractivity (Wildman–Crippen MR) is 519 cm³/mol. The molecule has 38 heteroatoms. The number of hydrogen-bond donors (Lipinski definition) is 16. The molecule has 0 bridgehead atoms. The van der Waals surface area contributed by atoms with Gasteiger partial charge in [0.05, 0.1) is 36.4 Å². The largest absolute Gasteiger partial charge is 0.481 e. The molecule has 135 heavy (non-hydrogen) atoms. The average Bonchev–Trinajstić information content (AvgIpc) is 1.71. The molecule has 17 atom stereocenters. The average molecular weight is 1910 g/mol. The Morgan fingerprint density at radius 1 is 0.430 bits per heavy atom. The number of rotatable bonds is 45. The van der Waals surface area contributed by atoms with Crippen molar-refractivity contribution in [2.45, 2.75) is 352 Å². The van der Waals surface area contributed by atoms with Crippen LogP contribution in [0.4, 0.5) is 9.59 Å². The van der Waals surface area contributed by atoms with E-state index in [9.17, 15) is 81.5 Å². The number of amides is 12. The van der Waals surface area contributed by atoms with Crippen LogP contribution in [0, 0.1) is 53.3 Å². The van der Waals surface area contributed by atoms with E-state index in [1.54, 1.807) is 85.1 Å². The molecule has 4 heterocycles. The number of carboxylic acid groups (broad SMARTS) is 3. The zero-order chi connectivity index (χ0) is 103. The summed E-state index contributed by atoms with van der Waals surface area (Å²) in [5.74, 6) is -7.28. The van der Waals surface area contributed by atoms with Gasteiger partial charge in [0.15, 0.2) is 11.6 Å². The van der Waals surface area contributed by atoms with Crippen molar-refractivity contribution in [1.82, 2.24) is 83.8 Å². The molecule has 16 N–H and O–H groups in total. The maximum absolute atomic E-state index is 13.2. The van der Waals surface area contributed by atoms with Crippen molar-refractivity contribution in [3.63, 3.8) is 0 Å². The molecule has 1 aliphatic carbocycles. The number of hydrogen-bond acceptors (Lipinski definition) is 23. The highest BCUT2D eigenvalue weighted by atomic mass is 16.6. The highest BCUT2D eigenvalue weighted by Gasteiger charge is 2.42. The van der Waals surface area contributed by atoms with Gasteiger partial charge in [0.1, 0.15) is 53.9 Å². The first kappa shape index (κ1) is 125. The Kier molecular flexibility index (Phi) is 61.6. The summed E-state index contributed by atoms with van der Waals surface area (Å²) in [6.45, 7) is 41.3. The number of aliphatic carboxylic acids is 3. The Morgan fingerprint density at radius 2 is 0.837 bits per heavy atom. The third-order valence-corrected chi connectivity index (χ3v) is 23.8. The summed E-state index contributed by atoms with van der Waals surface area (Å²) in [7, 11) is 8.49. The number of carboxylic acids is 3. The molecule has 5 unspecified atom stereocenters. The summed E-state index contributed by atoms with van der Waals surface area (Å²) in [6, 6.07) is -6.06. The summed E-state index contributed by atoms with van der Waals surface area (Å²) >= 11 is 0. The van der Waals surface area contributed by atoms with Gasteiger partial charge in [-0.2, -0.15) is 0 Å². The minimum Gasteiger partial charge on any atom is -0.481 e. The smallest absolute Gasteiger partial charge is 0.411 e. The van der Waals surface area contributed by atoms with Gasteiger partial charge in [-0.05, 0) is 190 Å². The number of nitrogens with one attached hydrogen (secondary N) is 13. The first-order valence-corrected chi connectivity index (χ1v) is 48.6. The van der Waals surface area contributed by atoms with Crippen molar-refractivity contribution in [2.24, 2.45) is 53.3 Å². The number of carbonyl (C=O) groups excluding carboxylic acids is 14. The Hall–Kier alpha value is -9.95. The van der Waals surface area contributed by atoms with Crippen LogP contribution in [0.15, 0.2) is 36.5 Å². The van der Waals surface area contributed by atoms with Gasteiger partial charge in [-0.25, -0.2) is 19.2 Å². The molecular weight excluding hydrogens is 1740 g/mol. The van der Waals surface area contributed by atoms with Crippen LogP contribution in [0.3, 0.4) is 0 Å². The van der Waals surface area contributed by atoms with E-state index < -0.39 is 120 Å². The van der Waals surface area contributed by atoms with Crippen molar-refractivity contribution >= 4 is 101 Å². The van der Waals surface area contributed by atoms with E-state index in [0.717, 1.165) is 70.8 Å². The standard InChI is InChI=1S/C26H46N6O6.C24H43N5O4.C18H32N2O3.C11H19NO3.C10H17NO4.C8H15NO2/c1-8-38-26(37)29-14-13-19(22(33)28-7)30-24(35)21(16(2)3)31-23(34)20-10-9-15-32(20)25(36)17(4)11-12-18(5)27-6;1-8-10-18(21(30)26-7)27-23(32)20(15(2)3)28-22(31)19-11-9-14-29(19)24(33)16(4)12-13-17(5)25-6;1-5-8-15(16(21)6-2)20-18(23)13(12(3)4)11-17(22)14-9-7-10-19-14;1-7(2)9(11(14)15)12-10(13)8-5-3-4-6-8;1-10(2,3)15-9(14)11-6-4-5-7(11)8(12)13;1-6(8(10)11)4-5-7(2)9-3/h11-12,16-21,27H,8-10,13-15H2,1-7H3,(H,28,33)(H,29,37)(H,30,35)(H,31,34);12-13,15-20,25H,8-11,14H2,1-7H3,(H,26,30)(H,27,32)(H,28,31);12-15,19H,5-11H2,1-4H3,(H,20,23);7-9H,3-6H2,1-2H3,(H,12,13)(H,14,15);7H,4-6H2,1-3H3,(H,12,13);4-7,9H,1-3H3,(H,10,11)/b12-11+;13-12+;;;;5-4+/t17-,18-,19-,20?,21-;16-,17-,18-,19?,20-;13-,14?,15-;;;6-,7-/m000..0/s1. The van der Waals surface area contributed by atoms with E-state index in [0.29, 0.717) is 64.6 Å². The fraction of sp³-hybridized carbons (Fsp3) is 0.763. The fourth-order valence-corrected chi connectivity index (χ4v) is 15.0. The van der Waals surface area contributed by atoms with E-state index in [-0.39, 0.29) is 145 Å². The number of ether oxygens (including phenoxy) is 2. The van der Waals surface area contributed by atoms with Crippen molar-refractivity contribution in [3.05, 3.63) is 36.5 Å². The number of alkyl carbamates (subject to hydrolysis) is 1. The zero-order valence-electron chi connectivity index (χ0n) is 85.8. The van der Waals surface area contributed by atoms with Gasteiger partial charge in [-0.3, -0.25) is 67.2 Å². The summed E-state index contributed by atoms with van der Waals surface area (Å²) < 4.78 is 9.93. The van der Waals surface area contributed by atoms with Crippen LogP contribution in [-0.4, -0.2) is 289 Å². The summed E-state index contributed by atoms with van der Waals surface area (Å²) in [5, 5.41) is 62.8.